The Hall–Kier alpha value is -0.900. The summed E-state index contributed by atoms with van der Waals surface area (Å²) in [6, 6.07) is 0. The zero-order chi connectivity index (χ0) is 8.10. The number of hydrogen-bond acceptors (Lipinski definition) is 3. The molecule has 0 amide bonds. The molecule has 1 aromatic heterocycles. The largest absolute Gasteiger partial charge is 0.317 e. The molecule has 0 spiro atoms. The lowest BCUT2D eigenvalue weighted by atomic mass is 10.4. The molecule has 0 aliphatic carbocycles. The van der Waals surface area contributed by atoms with Crippen molar-refractivity contribution in [3.8, 4) is 0 Å². The summed E-state index contributed by atoms with van der Waals surface area (Å²) in [4.78, 5) is 0. The van der Waals surface area contributed by atoms with Crippen molar-refractivity contribution in [1.29, 1.82) is 0 Å². The Kier molecular flexibility index (Phi) is 3.04. The first-order valence-electron chi connectivity index (χ1n) is 3.89. The van der Waals surface area contributed by atoms with E-state index in [1.165, 1.54) is 0 Å². The molecule has 0 radical (unpaired) electrons. The van der Waals surface area contributed by atoms with Gasteiger partial charge in [0.05, 0.1) is 6.54 Å². The summed E-state index contributed by atoms with van der Waals surface area (Å²) >= 11 is 0. The normalized spacial score (nSPS) is 10.4. The van der Waals surface area contributed by atoms with Gasteiger partial charge in [-0.25, -0.2) is 0 Å². The van der Waals surface area contributed by atoms with Gasteiger partial charge < -0.3 is 9.88 Å². The van der Waals surface area contributed by atoms with Crippen LogP contribution < -0.4 is 5.32 Å². The molecule has 0 saturated carbocycles. The van der Waals surface area contributed by atoms with Crippen LogP contribution in [0.3, 0.4) is 0 Å². The Bertz CT molecular complexity index is 185. The molecule has 0 unspecified atom stereocenters. The number of hydrogen-bond donors (Lipinski definition) is 1. The van der Waals surface area contributed by atoms with Gasteiger partial charge in [-0.2, -0.15) is 0 Å². The minimum absolute atomic E-state index is 0.792. The van der Waals surface area contributed by atoms with Crippen molar-refractivity contribution >= 4 is 0 Å². The SMILES string of the molecule is CCCn1cnnc1CNC. The Morgan fingerprint density at radius 2 is 2.45 bits per heavy atom. The fourth-order valence-corrected chi connectivity index (χ4v) is 1.00. The minimum Gasteiger partial charge on any atom is -0.317 e. The van der Waals surface area contributed by atoms with Crippen LogP contribution in [0.1, 0.15) is 19.2 Å². The number of aromatic nitrogens is 3. The highest BCUT2D eigenvalue weighted by molar-refractivity contribution is 4.84. The summed E-state index contributed by atoms with van der Waals surface area (Å²) < 4.78 is 2.07. The van der Waals surface area contributed by atoms with Crippen LogP contribution in [0.25, 0.3) is 0 Å². The van der Waals surface area contributed by atoms with Gasteiger partial charge in [0.25, 0.3) is 0 Å². The maximum absolute atomic E-state index is 3.98. The molecule has 4 heteroatoms. The zero-order valence-corrected chi connectivity index (χ0v) is 7.04. The average Bonchev–Trinajstić information content (AvgIpc) is 2.39. The van der Waals surface area contributed by atoms with Crippen molar-refractivity contribution in [2.45, 2.75) is 26.4 Å². The van der Waals surface area contributed by atoms with E-state index in [-0.39, 0.29) is 0 Å². The van der Waals surface area contributed by atoms with Crippen LogP contribution in [0.15, 0.2) is 6.33 Å². The lowest BCUT2D eigenvalue weighted by Crippen LogP contribution is -2.11. The van der Waals surface area contributed by atoms with E-state index in [0.717, 1.165) is 25.3 Å². The van der Waals surface area contributed by atoms with Gasteiger partial charge >= 0.3 is 0 Å². The van der Waals surface area contributed by atoms with Crippen LogP contribution in [0.5, 0.6) is 0 Å². The third-order valence-corrected chi connectivity index (χ3v) is 1.50. The van der Waals surface area contributed by atoms with E-state index in [1.54, 1.807) is 6.33 Å². The second kappa shape index (κ2) is 4.08. The molecule has 4 nitrogen and oxygen atoms in total. The fraction of sp³-hybridized carbons (Fsp3) is 0.714. The maximum Gasteiger partial charge on any atom is 0.146 e. The smallest absolute Gasteiger partial charge is 0.146 e. The number of nitrogens with zero attached hydrogens (tertiary/aromatic N) is 3. The first-order chi connectivity index (χ1) is 5.38. The molecule has 0 aliphatic rings. The van der Waals surface area contributed by atoms with Gasteiger partial charge in [0.2, 0.25) is 0 Å². The van der Waals surface area contributed by atoms with Gasteiger partial charge in [0.1, 0.15) is 12.2 Å². The fourth-order valence-electron chi connectivity index (χ4n) is 1.00. The Morgan fingerprint density at radius 1 is 1.64 bits per heavy atom. The van der Waals surface area contributed by atoms with E-state index in [1.807, 2.05) is 7.05 Å². The molecule has 0 fully saturated rings. The molecular formula is C7H14N4. The number of nitrogens with one attached hydrogen (secondary N) is 1. The molecule has 11 heavy (non-hydrogen) atoms. The first-order valence-corrected chi connectivity index (χ1v) is 3.89. The number of rotatable bonds is 4. The summed E-state index contributed by atoms with van der Waals surface area (Å²) in [5, 5.41) is 10.9. The van der Waals surface area contributed by atoms with Crippen LogP contribution in [-0.4, -0.2) is 21.8 Å². The average molecular weight is 154 g/mol. The number of aryl methyl sites for hydroxylation is 1. The highest BCUT2D eigenvalue weighted by atomic mass is 15.3. The van der Waals surface area contributed by atoms with Gasteiger partial charge in [0, 0.05) is 6.54 Å². The second-order valence-electron chi connectivity index (χ2n) is 2.47. The van der Waals surface area contributed by atoms with Crippen molar-refractivity contribution < 1.29 is 0 Å². The van der Waals surface area contributed by atoms with E-state index in [0.29, 0.717) is 0 Å². The predicted molar refractivity (Wildman–Crippen MR) is 43.1 cm³/mol. The van der Waals surface area contributed by atoms with E-state index < -0.39 is 0 Å². The minimum atomic E-state index is 0.792. The summed E-state index contributed by atoms with van der Waals surface area (Å²) in [5.74, 6) is 1.01. The summed E-state index contributed by atoms with van der Waals surface area (Å²) in [5.41, 5.74) is 0. The zero-order valence-electron chi connectivity index (χ0n) is 7.04. The maximum atomic E-state index is 3.98. The van der Waals surface area contributed by atoms with Crippen molar-refractivity contribution in [2.24, 2.45) is 0 Å². The Morgan fingerprint density at radius 3 is 3.09 bits per heavy atom. The van der Waals surface area contributed by atoms with Crippen LogP contribution >= 0.6 is 0 Å². The van der Waals surface area contributed by atoms with E-state index in [9.17, 15) is 0 Å². The molecule has 1 rings (SSSR count). The van der Waals surface area contributed by atoms with Crippen LogP contribution in [0, 0.1) is 0 Å². The highest BCUT2D eigenvalue weighted by Crippen LogP contribution is 1.95. The molecular weight excluding hydrogens is 140 g/mol. The molecule has 0 bridgehead atoms. The van der Waals surface area contributed by atoms with Crippen LogP contribution in [0.2, 0.25) is 0 Å². The topological polar surface area (TPSA) is 42.7 Å². The second-order valence-corrected chi connectivity index (χ2v) is 2.47. The third kappa shape index (κ3) is 2.01. The molecule has 0 atom stereocenters. The molecule has 62 valence electrons. The predicted octanol–water partition coefficient (Wildman–Crippen LogP) is 0.408. The Balaban J connectivity index is 2.62. The third-order valence-electron chi connectivity index (χ3n) is 1.50. The molecule has 0 aromatic carbocycles. The van der Waals surface area contributed by atoms with Gasteiger partial charge in [0.15, 0.2) is 0 Å². The van der Waals surface area contributed by atoms with Gasteiger partial charge in [-0.3, -0.25) is 0 Å². The van der Waals surface area contributed by atoms with Crippen molar-refractivity contribution in [3.63, 3.8) is 0 Å². The van der Waals surface area contributed by atoms with Crippen molar-refractivity contribution in [3.05, 3.63) is 12.2 Å². The van der Waals surface area contributed by atoms with E-state index >= 15 is 0 Å². The molecule has 1 aromatic rings. The van der Waals surface area contributed by atoms with Crippen molar-refractivity contribution in [2.75, 3.05) is 7.05 Å². The summed E-state index contributed by atoms with van der Waals surface area (Å²) in [6.45, 7) is 3.94. The van der Waals surface area contributed by atoms with Gasteiger partial charge in [-0.05, 0) is 13.5 Å². The molecule has 1 N–H and O–H groups in total. The standard InChI is InChI=1S/C7H14N4/c1-3-4-11-6-9-10-7(11)5-8-2/h6,8H,3-5H2,1-2H3. The van der Waals surface area contributed by atoms with Gasteiger partial charge in [-0.15, -0.1) is 10.2 Å². The lowest BCUT2D eigenvalue weighted by Gasteiger charge is -2.02. The van der Waals surface area contributed by atoms with E-state index in [4.69, 9.17) is 0 Å². The molecule has 1 heterocycles. The Labute approximate surface area is 66.6 Å². The molecule has 0 aliphatic heterocycles. The van der Waals surface area contributed by atoms with Crippen LogP contribution in [0.4, 0.5) is 0 Å². The monoisotopic (exact) mass is 154 g/mol. The van der Waals surface area contributed by atoms with Crippen molar-refractivity contribution in [1.82, 2.24) is 20.1 Å². The first kappa shape index (κ1) is 8.20. The highest BCUT2D eigenvalue weighted by Gasteiger charge is 1.99. The van der Waals surface area contributed by atoms with E-state index in [2.05, 4.69) is 27.0 Å². The van der Waals surface area contributed by atoms with Gasteiger partial charge in [-0.1, -0.05) is 6.92 Å². The quantitative estimate of drug-likeness (QED) is 0.683. The van der Waals surface area contributed by atoms with Crippen LogP contribution in [-0.2, 0) is 13.1 Å². The summed E-state index contributed by atoms with van der Waals surface area (Å²) in [6.07, 6.45) is 2.89. The molecule has 0 saturated heterocycles. The lowest BCUT2D eigenvalue weighted by molar-refractivity contribution is 0.615. The summed E-state index contributed by atoms with van der Waals surface area (Å²) in [7, 11) is 1.91.